The van der Waals surface area contributed by atoms with Gasteiger partial charge in [-0.2, -0.15) is 0 Å². The summed E-state index contributed by atoms with van der Waals surface area (Å²) in [5.41, 5.74) is -0.484. The Morgan fingerprint density at radius 1 is 1.44 bits per heavy atom. The summed E-state index contributed by atoms with van der Waals surface area (Å²) in [6, 6.07) is 0. The van der Waals surface area contributed by atoms with Crippen molar-refractivity contribution in [3.05, 3.63) is 10.6 Å². The van der Waals surface area contributed by atoms with Crippen LogP contribution in [-0.2, 0) is 11.2 Å². The molecule has 1 aliphatic rings. The SMILES string of the molecule is CCc1nnsc1C(=O)NC1(C(=O)O)CCCC1. The summed E-state index contributed by atoms with van der Waals surface area (Å²) in [6.07, 6.45) is 3.24. The van der Waals surface area contributed by atoms with Gasteiger partial charge in [0.25, 0.3) is 5.91 Å². The number of hydrogen-bond donors (Lipinski definition) is 2. The molecule has 18 heavy (non-hydrogen) atoms. The summed E-state index contributed by atoms with van der Waals surface area (Å²) < 4.78 is 3.74. The third-order valence-electron chi connectivity index (χ3n) is 3.32. The molecular weight excluding hydrogens is 254 g/mol. The van der Waals surface area contributed by atoms with Crippen molar-refractivity contribution in [2.75, 3.05) is 0 Å². The maximum atomic E-state index is 12.1. The molecule has 1 aliphatic carbocycles. The molecule has 0 aliphatic heterocycles. The van der Waals surface area contributed by atoms with Gasteiger partial charge in [0.1, 0.15) is 10.4 Å². The number of carbonyl (C=O) groups excluding carboxylic acids is 1. The summed E-state index contributed by atoms with van der Waals surface area (Å²) in [4.78, 5) is 23.9. The van der Waals surface area contributed by atoms with Gasteiger partial charge in [0.15, 0.2) is 0 Å². The van der Waals surface area contributed by atoms with E-state index in [0.29, 0.717) is 29.8 Å². The Balaban J connectivity index is 2.18. The van der Waals surface area contributed by atoms with E-state index in [4.69, 9.17) is 0 Å². The van der Waals surface area contributed by atoms with Crippen LogP contribution in [0.2, 0.25) is 0 Å². The first kappa shape index (κ1) is 12.9. The third-order valence-corrected chi connectivity index (χ3v) is 4.08. The first-order valence-electron chi connectivity index (χ1n) is 5.96. The average molecular weight is 269 g/mol. The molecule has 0 atom stereocenters. The highest BCUT2D eigenvalue weighted by atomic mass is 32.1. The van der Waals surface area contributed by atoms with Crippen LogP contribution in [0.15, 0.2) is 0 Å². The van der Waals surface area contributed by atoms with Gasteiger partial charge in [-0.05, 0) is 30.8 Å². The maximum Gasteiger partial charge on any atom is 0.329 e. The number of aryl methyl sites for hydroxylation is 1. The third kappa shape index (κ3) is 2.22. The Morgan fingerprint density at radius 3 is 2.67 bits per heavy atom. The van der Waals surface area contributed by atoms with E-state index >= 15 is 0 Å². The number of nitrogens with one attached hydrogen (secondary N) is 1. The van der Waals surface area contributed by atoms with Crippen LogP contribution in [0, 0.1) is 0 Å². The molecule has 1 amide bonds. The van der Waals surface area contributed by atoms with Gasteiger partial charge in [-0.25, -0.2) is 4.79 Å². The number of carboxylic acids is 1. The Morgan fingerprint density at radius 2 is 2.11 bits per heavy atom. The van der Waals surface area contributed by atoms with E-state index < -0.39 is 11.5 Å². The van der Waals surface area contributed by atoms with Gasteiger partial charge in [0.05, 0.1) is 5.69 Å². The molecule has 1 aromatic rings. The topological polar surface area (TPSA) is 92.2 Å². The number of hydrogen-bond acceptors (Lipinski definition) is 5. The largest absolute Gasteiger partial charge is 0.480 e. The minimum Gasteiger partial charge on any atom is -0.480 e. The number of carbonyl (C=O) groups is 2. The van der Waals surface area contributed by atoms with Crippen molar-refractivity contribution in [2.45, 2.75) is 44.6 Å². The van der Waals surface area contributed by atoms with Crippen molar-refractivity contribution < 1.29 is 14.7 Å². The molecule has 0 spiro atoms. The molecule has 1 aromatic heterocycles. The van der Waals surface area contributed by atoms with Crippen LogP contribution in [0.5, 0.6) is 0 Å². The second-order valence-corrected chi connectivity index (χ2v) is 5.20. The van der Waals surface area contributed by atoms with Crippen molar-refractivity contribution in [3.63, 3.8) is 0 Å². The van der Waals surface area contributed by atoms with Crippen molar-refractivity contribution in [1.82, 2.24) is 14.9 Å². The van der Waals surface area contributed by atoms with Gasteiger partial charge in [0, 0.05) is 0 Å². The molecule has 2 rings (SSSR count). The fourth-order valence-corrected chi connectivity index (χ4v) is 2.90. The van der Waals surface area contributed by atoms with Crippen LogP contribution in [0.4, 0.5) is 0 Å². The molecule has 0 saturated heterocycles. The van der Waals surface area contributed by atoms with Crippen molar-refractivity contribution in [3.8, 4) is 0 Å². The van der Waals surface area contributed by atoms with E-state index in [1.54, 1.807) is 0 Å². The maximum absolute atomic E-state index is 12.1. The Bertz CT molecular complexity index is 466. The number of amides is 1. The van der Waals surface area contributed by atoms with Crippen LogP contribution in [0.3, 0.4) is 0 Å². The lowest BCUT2D eigenvalue weighted by atomic mass is 9.97. The van der Waals surface area contributed by atoms with E-state index in [9.17, 15) is 14.7 Å². The molecule has 6 nitrogen and oxygen atoms in total. The molecule has 1 heterocycles. The predicted octanol–water partition coefficient (Wildman–Crippen LogP) is 1.23. The highest BCUT2D eigenvalue weighted by Crippen LogP contribution is 2.30. The fourth-order valence-electron chi connectivity index (χ4n) is 2.26. The number of rotatable bonds is 4. The van der Waals surface area contributed by atoms with Gasteiger partial charge < -0.3 is 10.4 Å². The fraction of sp³-hybridized carbons (Fsp3) is 0.636. The van der Waals surface area contributed by atoms with Crippen molar-refractivity contribution in [2.24, 2.45) is 0 Å². The number of carboxylic acid groups (broad SMARTS) is 1. The van der Waals surface area contributed by atoms with Crippen molar-refractivity contribution in [1.29, 1.82) is 0 Å². The Hall–Kier alpha value is -1.50. The van der Waals surface area contributed by atoms with Crippen LogP contribution < -0.4 is 5.32 Å². The summed E-state index contributed by atoms with van der Waals surface area (Å²) in [7, 11) is 0. The zero-order valence-electron chi connectivity index (χ0n) is 10.1. The summed E-state index contributed by atoms with van der Waals surface area (Å²) in [6.45, 7) is 1.88. The predicted molar refractivity (Wildman–Crippen MR) is 65.6 cm³/mol. The number of nitrogens with zero attached hydrogens (tertiary/aromatic N) is 2. The van der Waals surface area contributed by atoms with E-state index in [1.807, 2.05) is 6.92 Å². The molecule has 0 aromatic carbocycles. The quantitative estimate of drug-likeness (QED) is 0.857. The molecular formula is C11H15N3O3S. The lowest BCUT2D eigenvalue weighted by Gasteiger charge is -2.24. The molecule has 1 saturated carbocycles. The van der Waals surface area contributed by atoms with Gasteiger partial charge in [-0.3, -0.25) is 4.79 Å². The molecule has 2 N–H and O–H groups in total. The van der Waals surface area contributed by atoms with Gasteiger partial charge in [-0.1, -0.05) is 24.3 Å². The summed E-state index contributed by atoms with van der Waals surface area (Å²) >= 11 is 1.01. The standard InChI is InChI=1S/C11H15N3O3S/c1-2-7-8(18-14-13-7)9(15)12-11(10(16)17)5-3-4-6-11/h2-6H2,1H3,(H,12,15)(H,16,17). The van der Waals surface area contributed by atoms with E-state index in [-0.39, 0.29) is 5.91 Å². The highest BCUT2D eigenvalue weighted by Gasteiger charge is 2.43. The molecule has 0 unspecified atom stereocenters. The summed E-state index contributed by atoms with van der Waals surface area (Å²) in [5, 5.41) is 15.8. The Kier molecular flexibility index (Phi) is 3.60. The number of aromatic nitrogens is 2. The van der Waals surface area contributed by atoms with Crippen LogP contribution >= 0.6 is 11.5 Å². The van der Waals surface area contributed by atoms with Crippen LogP contribution in [0.25, 0.3) is 0 Å². The zero-order valence-corrected chi connectivity index (χ0v) is 10.9. The number of aliphatic carboxylic acids is 1. The lowest BCUT2D eigenvalue weighted by molar-refractivity contribution is -0.144. The van der Waals surface area contributed by atoms with Gasteiger partial charge >= 0.3 is 5.97 Å². The molecule has 7 heteroatoms. The smallest absolute Gasteiger partial charge is 0.329 e. The molecule has 98 valence electrons. The molecule has 0 radical (unpaired) electrons. The minimum atomic E-state index is -1.11. The first-order valence-corrected chi connectivity index (χ1v) is 6.73. The van der Waals surface area contributed by atoms with Crippen LogP contribution in [0.1, 0.15) is 48.0 Å². The van der Waals surface area contributed by atoms with E-state index in [0.717, 1.165) is 24.4 Å². The molecule has 1 fully saturated rings. The lowest BCUT2D eigenvalue weighted by Crippen LogP contribution is -2.52. The molecule has 0 bridgehead atoms. The zero-order chi connectivity index (χ0) is 13.2. The van der Waals surface area contributed by atoms with E-state index in [2.05, 4.69) is 14.9 Å². The Labute approximate surface area is 109 Å². The second-order valence-electron chi connectivity index (χ2n) is 4.45. The average Bonchev–Trinajstić information content (AvgIpc) is 2.97. The van der Waals surface area contributed by atoms with Gasteiger partial charge in [0.2, 0.25) is 0 Å². The van der Waals surface area contributed by atoms with Crippen LogP contribution in [-0.4, -0.2) is 32.1 Å². The highest BCUT2D eigenvalue weighted by molar-refractivity contribution is 7.08. The second kappa shape index (κ2) is 5.01. The summed E-state index contributed by atoms with van der Waals surface area (Å²) in [5.74, 6) is -1.32. The monoisotopic (exact) mass is 269 g/mol. The van der Waals surface area contributed by atoms with E-state index in [1.165, 1.54) is 0 Å². The van der Waals surface area contributed by atoms with Gasteiger partial charge in [-0.15, -0.1) is 5.10 Å². The normalized spacial score (nSPS) is 17.6. The minimum absolute atomic E-state index is 0.369. The van der Waals surface area contributed by atoms with Crippen molar-refractivity contribution >= 4 is 23.4 Å². The first-order chi connectivity index (χ1) is 8.59.